The molecule has 1 saturated heterocycles. The third-order valence-corrected chi connectivity index (χ3v) is 8.19. The van der Waals surface area contributed by atoms with Crippen LogP contribution >= 0.6 is 0 Å². The molecule has 0 radical (unpaired) electrons. The van der Waals surface area contributed by atoms with Crippen molar-refractivity contribution >= 4 is 38.5 Å². The van der Waals surface area contributed by atoms with Gasteiger partial charge in [0.05, 0.1) is 29.3 Å². The molecule has 12 nitrogen and oxygen atoms in total. The zero-order valence-corrected chi connectivity index (χ0v) is 24.1. The van der Waals surface area contributed by atoms with Gasteiger partial charge in [0, 0.05) is 49.4 Å². The molecule has 13 heteroatoms. The Morgan fingerprint density at radius 1 is 1.10 bits per heavy atom. The summed E-state index contributed by atoms with van der Waals surface area (Å²) in [6.07, 6.45) is 3.88. The van der Waals surface area contributed by atoms with E-state index in [0.717, 1.165) is 18.4 Å². The van der Waals surface area contributed by atoms with E-state index in [1.54, 1.807) is 36.7 Å². The van der Waals surface area contributed by atoms with Crippen LogP contribution in [0.2, 0.25) is 0 Å². The number of nitrogens with zero attached hydrogens (tertiary/aromatic N) is 4. The summed E-state index contributed by atoms with van der Waals surface area (Å²) in [5.74, 6) is 1.07. The molecule has 220 valence electrons. The standard InChI is InChI=1S/C29H32N6O6S/c1-19-10-11-21-22(7-3-9-25(21)34-42(38,39)17-16-40-2)26(19)41-27-23(8-4-13-30-27)24-12-14-31-28(33-24)32-20-6-5-15-35(18-20)29(36)37/h3-4,7-14,20,34H,5-6,15-18H2,1-2H3,(H,36,37)(H,31,32,33). The number of nitrogens with one attached hydrogen (secondary N) is 2. The first-order valence-electron chi connectivity index (χ1n) is 13.5. The average Bonchev–Trinajstić information content (AvgIpc) is 2.98. The second kappa shape index (κ2) is 12.6. The number of rotatable bonds is 10. The lowest BCUT2D eigenvalue weighted by atomic mass is 10.0. The highest BCUT2D eigenvalue weighted by Crippen LogP contribution is 2.38. The number of aromatic nitrogens is 3. The third-order valence-electron chi connectivity index (χ3n) is 6.96. The van der Waals surface area contributed by atoms with E-state index >= 15 is 0 Å². The Labute approximate surface area is 243 Å². The van der Waals surface area contributed by atoms with Gasteiger partial charge in [-0.1, -0.05) is 24.3 Å². The molecule has 2 aromatic heterocycles. The first kappa shape index (κ1) is 29.0. The number of hydrogen-bond acceptors (Lipinski definition) is 9. The van der Waals surface area contributed by atoms with Gasteiger partial charge < -0.3 is 24.8 Å². The first-order valence-corrected chi connectivity index (χ1v) is 15.1. The van der Waals surface area contributed by atoms with Crippen molar-refractivity contribution in [3.05, 3.63) is 66.5 Å². The molecule has 42 heavy (non-hydrogen) atoms. The van der Waals surface area contributed by atoms with Gasteiger partial charge in [-0.2, -0.15) is 0 Å². The number of anilines is 2. The molecule has 1 unspecified atom stereocenters. The number of amides is 1. The molecule has 2 aromatic carbocycles. The van der Waals surface area contributed by atoms with E-state index in [2.05, 4.69) is 25.0 Å². The van der Waals surface area contributed by atoms with E-state index in [9.17, 15) is 18.3 Å². The summed E-state index contributed by atoms with van der Waals surface area (Å²) in [6, 6.07) is 14.3. The highest BCUT2D eigenvalue weighted by atomic mass is 32.2. The zero-order chi connectivity index (χ0) is 29.7. The van der Waals surface area contributed by atoms with Gasteiger partial charge in [0.1, 0.15) is 5.75 Å². The fourth-order valence-electron chi connectivity index (χ4n) is 4.87. The highest BCUT2D eigenvalue weighted by molar-refractivity contribution is 7.92. The molecule has 1 atom stereocenters. The number of aryl methyl sites for hydroxylation is 1. The molecule has 0 aliphatic carbocycles. The number of carboxylic acid groups (broad SMARTS) is 1. The number of ether oxygens (including phenoxy) is 2. The summed E-state index contributed by atoms with van der Waals surface area (Å²) in [5, 5.41) is 14.0. The van der Waals surface area contributed by atoms with Gasteiger partial charge in [-0.25, -0.2) is 28.2 Å². The lowest BCUT2D eigenvalue weighted by molar-refractivity contribution is 0.132. The number of carbonyl (C=O) groups is 1. The average molecular weight is 593 g/mol. The van der Waals surface area contributed by atoms with Crippen LogP contribution in [0.1, 0.15) is 18.4 Å². The largest absolute Gasteiger partial charge is 0.465 e. The first-order chi connectivity index (χ1) is 20.2. The second-order valence-corrected chi connectivity index (χ2v) is 11.8. The van der Waals surface area contributed by atoms with Crippen molar-refractivity contribution in [3.63, 3.8) is 0 Å². The fraction of sp³-hybridized carbons (Fsp3) is 0.310. The van der Waals surface area contributed by atoms with Gasteiger partial charge in [0.15, 0.2) is 0 Å². The maximum absolute atomic E-state index is 12.6. The maximum Gasteiger partial charge on any atom is 0.407 e. The topological polar surface area (TPSA) is 156 Å². The molecule has 3 heterocycles. The van der Waals surface area contributed by atoms with Crippen molar-refractivity contribution in [2.24, 2.45) is 0 Å². The molecule has 4 aromatic rings. The Bertz CT molecular complexity index is 1700. The Kier molecular flexibility index (Phi) is 8.69. The van der Waals surface area contributed by atoms with E-state index in [1.807, 2.05) is 31.2 Å². The minimum absolute atomic E-state index is 0.0811. The van der Waals surface area contributed by atoms with Crippen molar-refractivity contribution in [2.45, 2.75) is 25.8 Å². The number of fused-ring (bicyclic) bond motifs is 1. The van der Waals surface area contributed by atoms with Crippen LogP contribution in [-0.2, 0) is 14.8 Å². The van der Waals surface area contributed by atoms with Crippen LogP contribution in [0.4, 0.5) is 16.4 Å². The van der Waals surface area contributed by atoms with Crippen LogP contribution in [0.15, 0.2) is 60.9 Å². The van der Waals surface area contributed by atoms with Crippen LogP contribution in [-0.4, -0.2) is 78.1 Å². The number of likely N-dealkylation sites (tertiary alicyclic amines) is 1. The lowest BCUT2D eigenvalue weighted by Crippen LogP contribution is -2.44. The molecule has 1 aliphatic heterocycles. The summed E-state index contributed by atoms with van der Waals surface area (Å²) in [6.45, 7) is 2.86. The van der Waals surface area contributed by atoms with Gasteiger partial charge in [-0.05, 0) is 49.6 Å². The summed E-state index contributed by atoms with van der Waals surface area (Å²) < 4.78 is 39.1. The number of pyridine rings is 1. The molecular formula is C29H32N6O6S. The number of hydrogen-bond donors (Lipinski definition) is 3. The summed E-state index contributed by atoms with van der Waals surface area (Å²) in [4.78, 5) is 26.3. The van der Waals surface area contributed by atoms with Gasteiger partial charge in [-0.15, -0.1) is 0 Å². The number of benzene rings is 2. The number of methoxy groups -OCH3 is 1. The molecule has 1 amide bonds. The Balaban J connectivity index is 1.44. The summed E-state index contributed by atoms with van der Waals surface area (Å²) in [5.41, 5.74) is 2.48. The van der Waals surface area contributed by atoms with Crippen LogP contribution in [0, 0.1) is 6.92 Å². The monoisotopic (exact) mass is 592 g/mol. The molecule has 0 saturated carbocycles. The van der Waals surface area contributed by atoms with Crippen molar-refractivity contribution < 1.29 is 27.8 Å². The molecule has 1 fully saturated rings. The van der Waals surface area contributed by atoms with E-state index in [0.29, 0.717) is 58.4 Å². The quantitative estimate of drug-likeness (QED) is 0.235. The normalized spacial score (nSPS) is 15.4. The van der Waals surface area contributed by atoms with Crippen LogP contribution < -0.4 is 14.8 Å². The third kappa shape index (κ3) is 6.69. The van der Waals surface area contributed by atoms with Gasteiger partial charge in [0.2, 0.25) is 21.9 Å². The van der Waals surface area contributed by atoms with Crippen molar-refractivity contribution in [3.8, 4) is 22.9 Å². The van der Waals surface area contributed by atoms with Crippen molar-refractivity contribution in [1.82, 2.24) is 19.9 Å². The fourth-order valence-corrected chi connectivity index (χ4v) is 5.87. The smallest absolute Gasteiger partial charge is 0.407 e. The van der Waals surface area contributed by atoms with Crippen LogP contribution in [0.5, 0.6) is 11.6 Å². The van der Waals surface area contributed by atoms with Crippen molar-refractivity contribution in [2.75, 3.05) is 42.6 Å². The Hall–Kier alpha value is -4.49. The minimum Gasteiger partial charge on any atom is -0.465 e. The number of sulfonamides is 1. The Morgan fingerprint density at radius 3 is 2.76 bits per heavy atom. The molecule has 0 bridgehead atoms. The SMILES string of the molecule is COCCS(=O)(=O)Nc1cccc2c(Oc3ncccc3-c3ccnc(NC4CCCN(C(=O)O)C4)n3)c(C)ccc12. The van der Waals surface area contributed by atoms with E-state index in [-0.39, 0.29) is 18.4 Å². The van der Waals surface area contributed by atoms with E-state index < -0.39 is 16.1 Å². The predicted octanol–water partition coefficient (Wildman–Crippen LogP) is 4.73. The minimum atomic E-state index is -3.62. The molecule has 5 rings (SSSR count). The highest BCUT2D eigenvalue weighted by Gasteiger charge is 2.24. The van der Waals surface area contributed by atoms with Gasteiger partial charge in [-0.3, -0.25) is 4.72 Å². The number of piperidine rings is 1. The Morgan fingerprint density at radius 2 is 1.95 bits per heavy atom. The molecule has 1 aliphatic rings. The lowest BCUT2D eigenvalue weighted by Gasteiger charge is -2.31. The predicted molar refractivity (Wildman–Crippen MR) is 160 cm³/mol. The van der Waals surface area contributed by atoms with Crippen LogP contribution in [0.3, 0.4) is 0 Å². The summed E-state index contributed by atoms with van der Waals surface area (Å²) in [7, 11) is -2.16. The molecule has 3 N–H and O–H groups in total. The maximum atomic E-state index is 12.6. The van der Waals surface area contributed by atoms with Gasteiger partial charge >= 0.3 is 6.09 Å². The molecule has 0 spiro atoms. The van der Waals surface area contributed by atoms with Crippen LogP contribution in [0.25, 0.3) is 22.0 Å². The van der Waals surface area contributed by atoms with E-state index in [4.69, 9.17) is 9.47 Å². The molecular weight excluding hydrogens is 560 g/mol. The van der Waals surface area contributed by atoms with Gasteiger partial charge in [0.25, 0.3) is 0 Å². The second-order valence-electron chi connectivity index (χ2n) is 9.96. The van der Waals surface area contributed by atoms with Crippen molar-refractivity contribution in [1.29, 1.82) is 0 Å². The zero-order valence-electron chi connectivity index (χ0n) is 23.3. The van der Waals surface area contributed by atoms with E-state index in [1.165, 1.54) is 12.0 Å². The summed E-state index contributed by atoms with van der Waals surface area (Å²) >= 11 is 0.